The predicted octanol–water partition coefficient (Wildman–Crippen LogP) is 2.33. The summed E-state index contributed by atoms with van der Waals surface area (Å²) in [5.41, 5.74) is 2.80. The molecule has 2 aromatic heterocycles. The van der Waals surface area contributed by atoms with Gasteiger partial charge in [-0.15, -0.1) is 0 Å². The van der Waals surface area contributed by atoms with Crippen LogP contribution in [0, 0.1) is 6.92 Å². The van der Waals surface area contributed by atoms with Gasteiger partial charge >= 0.3 is 0 Å². The van der Waals surface area contributed by atoms with Gasteiger partial charge in [0.25, 0.3) is 11.5 Å². The number of benzene rings is 1. The fourth-order valence-corrected chi connectivity index (χ4v) is 2.15. The number of aromatic nitrogens is 3. The van der Waals surface area contributed by atoms with E-state index in [9.17, 15) is 9.59 Å². The van der Waals surface area contributed by atoms with E-state index in [0.29, 0.717) is 11.4 Å². The topological polar surface area (TPSA) is 90.6 Å². The van der Waals surface area contributed by atoms with Crippen LogP contribution in [0.4, 0.5) is 5.69 Å². The maximum absolute atomic E-state index is 12.1. The lowest BCUT2D eigenvalue weighted by atomic mass is 10.1. The van der Waals surface area contributed by atoms with E-state index in [0.717, 1.165) is 11.1 Å². The Morgan fingerprint density at radius 1 is 1.23 bits per heavy atom. The quantitative estimate of drug-likeness (QED) is 0.692. The molecule has 6 nitrogen and oxygen atoms in total. The van der Waals surface area contributed by atoms with Crippen LogP contribution < -0.4 is 10.9 Å². The molecule has 3 rings (SSSR count). The number of amides is 1. The lowest BCUT2D eigenvalue weighted by Crippen LogP contribution is -2.23. The Labute approximate surface area is 126 Å². The van der Waals surface area contributed by atoms with E-state index in [2.05, 4.69) is 20.5 Å². The average Bonchev–Trinajstić information content (AvgIpc) is 3.00. The van der Waals surface area contributed by atoms with E-state index >= 15 is 0 Å². The first kappa shape index (κ1) is 13.8. The molecule has 0 saturated carbocycles. The van der Waals surface area contributed by atoms with Crippen LogP contribution in [0.1, 0.15) is 15.9 Å². The second-order valence-corrected chi connectivity index (χ2v) is 4.93. The van der Waals surface area contributed by atoms with Gasteiger partial charge < -0.3 is 10.3 Å². The standard InChI is InChI=1S/C16H14N4O2/c1-10-3-2-4-11(7-10)14-6-5-13(16(22)20-14)15(21)19-12-8-17-18-9-12/h2-9H,1H3,(H,17,18)(H,19,21)(H,20,22). The summed E-state index contributed by atoms with van der Waals surface area (Å²) >= 11 is 0. The second kappa shape index (κ2) is 5.69. The van der Waals surface area contributed by atoms with Crippen LogP contribution >= 0.6 is 0 Å². The van der Waals surface area contributed by atoms with Crippen molar-refractivity contribution in [2.24, 2.45) is 0 Å². The Morgan fingerprint density at radius 2 is 2.09 bits per heavy atom. The minimum atomic E-state index is -0.474. The van der Waals surface area contributed by atoms with Crippen molar-refractivity contribution < 1.29 is 4.79 Å². The van der Waals surface area contributed by atoms with E-state index in [-0.39, 0.29) is 5.56 Å². The van der Waals surface area contributed by atoms with Crippen molar-refractivity contribution in [2.75, 3.05) is 5.32 Å². The first-order valence-electron chi connectivity index (χ1n) is 6.74. The zero-order chi connectivity index (χ0) is 15.5. The van der Waals surface area contributed by atoms with Crippen LogP contribution in [-0.2, 0) is 0 Å². The van der Waals surface area contributed by atoms with Gasteiger partial charge in [0.1, 0.15) is 5.56 Å². The highest BCUT2D eigenvalue weighted by atomic mass is 16.2. The van der Waals surface area contributed by atoms with Crippen molar-refractivity contribution in [2.45, 2.75) is 6.92 Å². The number of pyridine rings is 1. The van der Waals surface area contributed by atoms with Gasteiger partial charge in [0.2, 0.25) is 0 Å². The first-order chi connectivity index (χ1) is 10.6. The molecular weight excluding hydrogens is 280 g/mol. The molecule has 1 amide bonds. The Hall–Kier alpha value is -3.15. The molecule has 0 aliphatic heterocycles. The number of rotatable bonds is 3. The number of aryl methyl sites for hydroxylation is 1. The summed E-state index contributed by atoms with van der Waals surface area (Å²) in [4.78, 5) is 26.9. The van der Waals surface area contributed by atoms with Gasteiger partial charge in [0.05, 0.1) is 11.9 Å². The molecule has 0 aliphatic carbocycles. The largest absolute Gasteiger partial charge is 0.321 e. The van der Waals surface area contributed by atoms with Crippen molar-refractivity contribution in [1.29, 1.82) is 0 Å². The van der Waals surface area contributed by atoms with Crippen molar-refractivity contribution in [3.05, 3.63) is 70.3 Å². The molecule has 3 aromatic rings. The third-order valence-corrected chi connectivity index (χ3v) is 3.24. The van der Waals surface area contributed by atoms with Gasteiger partial charge in [-0.05, 0) is 30.7 Å². The van der Waals surface area contributed by atoms with Gasteiger partial charge in [-0.25, -0.2) is 0 Å². The molecular formula is C16H14N4O2. The van der Waals surface area contributed by atoms with Crippen molar-refractivity contribution in [1.82, 2.24) is 15.2 Å². The summed E-state index contributed by atoms with van der Waals surface area (Å²) in [6, 6.07) is 11.0. The lowest BCUT2D eigenvalue weighted by Gasteiger charge is -2.05. The van der Waals surface area contributed by atoms with E-state index in [4.69, 9.17) is 0 Å². The highest BCUT2D eigenvalue weighted by molar-refractivity contribution is 6.03. The number of hydrogen-bond acceptors (Lipinski definition) is 3. The molecule has 0 atom stereocenters. The Morgan fingerprint density at radius 3 is 2.77 bits per heavy atom. The fourth-order valence-electron chi connectivity index (χ4n) is 2.15. The molecule has 0 saturated heterocycles. The van der Waals surface area contributed by atoms with Gasteiger partial charge in [-0.3, -0.25) is 14.7 Å². The molecule has 1 aromatic carbocycles. The second-order valence-electron chi connectivity index (χ2n) is 4.93. The van der Waals surface area contributed by atoms with Crippen LogP contribution in [0.5, 0.6) is 0 Å². The first-order valence-corrected chi connectivity index (χ1v) is 6.74. The van der Waals surface area contributed by atoms with Gasteiger partial charge in [-0.2, -0.15) is 5.10 Å². The molecule has 6 heteroatoms. The van der Waals surface area contributed by atoms with Crippen LogP contribution in [0.15, 0.2) is 53.6 Å². The molecule has 0 unspecified atom stereocenters. The summed E-state index contributed by atoms with van der Waals surface area (Å²) in [7, 11) is 0. The Bertz CT molecular complexity index is 866. The molecule has 110 valence electrons. The summed E-state index contributed by atoms with van der Waals surface area (Å²) in [5, 5.41) is 8.91. The SMILES string of the molecule is Cc1cccc(-c2ccc(C(=O)Nc3cn[nH]c3)c(=O)[nH]2)c1. The molecule has 0 bridgehead atoms. The summed E-state index contributed by atoms with van der Waals surface area (Å²) in [6.45, 7) is 1.98. The van der Waals surface area contributed by atoms with Crippen LogP contribution in [0.3, 0.4) is 0 Å². The lowest BCUT2D eigenvalue weighted by molar-refractivity contribution is 0.102. The molecule has 3 N–H and O–H groups in total. The van der Waals surface area contributed by atoms with Crippen LogP contribution in [-0.4, -0.2) is 21.1 Å². The number of H-pyrrole nitrogens is 2. The number of aromatic amines is 2. The van der Waals surface area contributed by atoms with Crippen molar-refractivity contribution in [3.63, 3.8) is 0 Å². The average molecular weight is 294 g/mol. The number of carbonyl (C=O) groups is 1. The molecule has 22 heavy (non-hydrogen) atoms. The molecule has 0 spiro atoms. The van der Waals surface area contributed by atoms with E-state index < -0.39 is 11.5 Å². The maximum Gasteiger partial charge on any atom is 0.261 e. The highest BCUT2D eigenvalue weighted by Gasteiger charge is 2.12. The highest BCUT2D eigenvalue weighted by Crippen LogP contribution is 2.17. The summed E-state index contributed by atoms with van der Waals surface area (Å²) in [5.74, 6) is -0.474. The number of nitrogens with zero attached hydrogens (tertiary/aromatic N) is 1. The van der Waals surface area contributed by atoms with Gasteiger partial charge in [0, 0.05) is 11.9 Å². The number of anilines is 1. The summed E-state index contributed by atoms with van der Waals surface area (Å²) < 4.78 is 0. The Kier molecular flexibility index (Phi) is 3.57. The normalized spacial score (nSPS) is 10.4. The minimum absolute atomic E-state index is 0.0533. The minimum Gasteiger partial charge on any atom is -0.321 e. The van der Waals surface area contributed by atoms with Crippen molar-refractivity contribution >= 4 is 11.6 Å². The van der Waals surface area contributed by atoms with Crippen molar-refractivity contribution in [3.8, 4) is 11.3 Å². The van der Waals surface area contributed by atoms with Crippen LogP contribution in [0.25, 0.3) is 11.3 Å². The predicted molar refractivity (Wildman–Crippen MR) is 83.8 cm³/mol. The molecule has 0 aliphatic rings. The smallest absolute Gasteiger partial charge is 0.261 e. The Balaban J connectivity index is 1.89. The zero-order valence-corrected chi connectivity index (χ0v) is 11.9. The molecule has 0 fully saturated rings. The third-order valence-electron chi connectivity index (χ3n) is 3.24. The van der Waals surface area contributed by atoms with E-state index in [1.54, 1.807) is 6.07 Å². The van der Waals surface area contributed by atoms with E-state index in [1.807, 2.05) is 31.2 Å². The van der Waals surface area contributed by atoms with Crippen LogP contribution in [0.2, 0.25) is 0 Å². The fraction of sp³-hybridized carbons (Fsp3) is 0.0625. The van der Waals surface area contributed by atoms with Gasteiger partial charge in [0.15, 0.2) is 0 Å². The monoisotopic (exact) mass is 294 g/mol. The maximum atomic E-state index is 12.1. The number of carbonyl (C=O) groups excluding carboxylic acids is 1. The third kappa shape index (κ3) is 2.80. The zero-order valence-electron chi connectivity index (χ0n) is 11.9. The molecule has 2 heterocycles. The number of nitrogens with one attached hydrogen (secondary N) is 3. The van der Waals surface area contributed by atoms with E-state index in [1.165, 1.54) is 18.5 Å². The number of hydrogen-bond donors (Lipinski definition) is 3. The van der Waals surface area contributed by atoms with Gasteiger partial charge in [-0.1, -0.05) is 23.8 Å². The molecule has 0 radical (unpaired) electrons. The summed E-state index contributed by atoms with van der Waals surface area (Å²) in [6.07, 6.45) is 3.00.